The van der Waals surface area contributed by atoms with Gasteiger partial charge in [-0.2, -0.15) is 0 Å². The number of hydrogen-bond donors (Lipinski definition) is 0. The summed E-state index contributed by atoms with van der Waals surface area (Å²) in [5.41, 5.74) is 14.8. The maximum atomic E-state index is 2.52. The zero-order chi connectivity index (χ0) is 32.1. The van der Waals surface area contributed by atoms with Crippen LogP contribution in [0.4, 0.5) is 39.8 Å². The lowest BCUT2D eigenvalue weighted by molar-refractivity contribution is 0.590. The Morgan fingerprint density at radius 3 is 1.43 bits per heavy atom. The van der Waals surface area contributed by atoms with Crippen LogP contribution in [-0.4, -0.2) is 20.4 Å². The van der Waals surface area contributed by atoms with E-state index in [1.807, 2.05) is 0 Å². The van der Waals surface area contributed by atoms with E-state index in [-0.39, 0.29) is 5.41 Å². The zero-order valence-corrected chi connectivity index (χ0v) is 27.6. The largest absolute Gasteiger partial charge is 0.355 e. The second kappa shape index (κ2) is 11.4. The van der Waals surface area contributed by atoms with E-state index in [9.17, 15) is 0 Å². The molecule has 0 bridgehead atoms. The number of nitrogens with zero attached hydrogens (tertiary/aromatic N) is 4. The molecule has 0 saturated heterocycles. The summed E-state index contributed by atoms with van der Waals surface area (Å²) in [5, 5.41) is 0. The van der Waals surface area contributed by atoms with Crippen molar-refractivity contribution in [3.63, 3.8) is 0 Å². The van der Waals surface area contributed by atoms with Gasteiger partial charge in [-0.15, -0.1) is 0 Å². The summed E-state index contributed by atoms with van der Waals surface area (Å²) in [5.74, 6) is 0. The van der Waals surface area contributed by atoms with Gasteiger partial charge in [0.15, 0.2) is 0 Å². The van der Waals surface area contributed by atoms with E-state index in [4.69, 9.17) is 0 Å². The Morgan fingerprint density at radius 2 is 0.894 bits per heavy atom. The first kappa shape index (κ1) is 29.0. The van der Waals surface area contributed by atoms with Gasteiger partial charge < -0.3 is 19.6 Å². The van der Waals surface area contributed by atoms with Crippen molar-refractivity contribution in [3.05, 3.63) is 151 Å². The molecule has 6 aromatic rings. The molecule has 0 aromatic heterocycles. The zero-order valence-electron chi connectivity index (χ0n) is 27.6. The molecule has 0 aliphatic carbocycles. The first-order valence-electron chi connectivity index (χ1n) is 16.5. The van der Waals surface area contributed by atoms with Gasteiger partial charge in [-0.25, -0.2) is 0 Å². The van der Waals surface area contributed by atoms with Gasteiger partial charge in [-0.05, 0) is 64.6 Å². The number of fused-ring (bicyclic) bond motifs is 2. The van der Waals surface area contributed by atoms with Gasteiger partial charge in [0.05, 0.1) is 35.1 Å². The summed E-state index contributed by atoms with van der Waals surface area (Å²) >= 11 is 0. The first-order chi connectivity index (χ1) is 22.9. The van der Waals surface area contributed by atoms with Crippen LogP contribution in [0.3, 0.4) is 0 Å². The Balaban J connectivity index is 1.30. The number of benzene rings is 6. The van der Waals surface area contributed by atoms with Gasteiger partial charge >= 0.3 is 0 Å². The summed E-state index contributed by atoms with van der Waals surface area (Å²) in [7, 11) is 2.18. The van der Waals surface area contributed by atoms with Crippen LogP contribution in [0, 0.1) is 0 Å². The van der Waals surface area contributed by atoms with Crippen molar-refractivity contribution in [1.82, 2.24) is 0 Å². The number of hydrogen-bond acceptors (Lipinski definition) is 4. The molecule has 2 aliphatic heterocycles. The van der Waals surface area contributed by atoms with E-state index in [1.165, 1.54) is 67.6 Å². The van der Waals surface area contributed by atoms with Gasteiger partial charge in [0.25, 0.3) is 0 Å². The molecule has 0 fully saturated rings. The average molecular weight is 613 g/mol. The number of rotatable bonds is 5. The Kier molecular flexibility index (Phi) is 7.02. The molecule has 0 saturated carbocycles. The maximum absolute atomic E-state index is 2.52. The molecule has 0 N–H and O–H groups in total. The Bertz CT molecular complexity index is 2000. The Hall–Kier alpha value is -5.48. The number of para-hydroxylation sites is 5. The summed E-state index contributed by atoms with van der Waals surface area (Å²) in [4.78, 5) is 9.79. The highest BCUT2D eigenvalue weighted by molar-refractivity contribution is 5.98. The highest BCUT2D eigenvalue weighted by Crippen LogP contribution is 2.51. The van der Waals surface area contributed by atoms with E-state index in [2.05, 4.69) is 193 Å². The standard InChI is InChI=1S/C43H40N4/c1-43(2,3)33-26-34(45-29-44(4)38-22-11-12-23-39(38)45)28-35(27-33)46-30-47(41-25-14-13-24-40(41)46)42-36(31-16-7-5-8-17-31)20-15-21-37(42)32-18-9-6-10-19-32/h5-28H,29-30H2,1-4H3. The summed E-state index contributed by atoms with van der Waals surface area (Å²) < 4.78 is 0. The van der Waals surface area contributed by atoms with Crippen LogP contribution < -0.4 is 19.6 Å². The molecule has 2 aliphatic rings. The van der Waals surface area contributed by atoms with Crippen molar-refractivity contribution in [1.29, 1.82) is 0 Å². The third-order valence-electron chi connectivity index (χ3n) is 9.55. The molecule has 0 amide bonds. The monoisotopic (exact) mass is 612 g/mol. The minimum atomic E-state index is -0.0186. The van der Waals surface area contributed by atoms with E-state index < -0.39 is 0 Å². The predicted molar refractivity (Wildman–Crippen MR) is 200 cm³/mol. The molecule has 4 heteroatoms. The predicted octanol–water partition coefficient (Wildman–Crippen LogP) is 11.1. The van der Waals surface area contributed by atoms with Crippen molar-refractivity contribution in [3.8, 4) is 22.3 Å². The van der Waals surface area contributed by atoms with Crippen molar-refractivity contribution >= 4 is 39.8 Å². The fraction of sp³-hybridized carbons (Fsp3) is 0.163. The molecule has 4 nitrogen and oxygen atoms in total. The van der Waals surface area contributed by atoms with Gasteiger partial charge in [-0.1, -0.05) is 124 Å². The van der Waals surface area contributed by atoms with Gasteiger partial charge in [0.2, 0.25) is 0 Å². The third-order valence-corrected chi connectivity index (χ3v) is 9.55. The Labute approximate surface area is 278 Å². The molecular formula is C43H40N4. The summed E-state index contributed by atoms with van der Waals surface area (Å²) in [6.45, 7) is 8.46. The first-order valence-corrected chi connectivity index (χ1v) is 16.5. The highest BCUT2D eigenvalue weighted by Gasteiger charge is 2.33. The fourth-order valence-corrected chi connectivity index (χ4v) is 7.10. The normalized spacial score (nSPS) is 14.0. The van der Waals surface area contributed by atoms with E-state index >= 15 is 0 Å². The summed E-state index contributed by atoms with van der Waals surface area (Å²) in [6, 6.07) is 53.1. The van der Waals surface area contributed by atoms with Crippen molar-refractivity contribution in [2.45, 2.75) is 26.2 Å². The van der Waals surface area contributed by atoms with Crippen LogP contribution in [0.15, 0.2) is 146 Å². The topological polar surface area (TPSA) is 13.0 Å². The van der Waals surface area contributed by atoms with Crippen LogP contribution in [0.25, 0.3) is 22.3 Å². The van der Waals surface area contributed by atoms with Crippen LogP contribution in [0.5, 0.6) is 0 Å². The summed E-state index contributed by atoms with van der Waals surface area (Å²) in [6.07, 6.45) is 0. The molecule has 0 unspecified atom stereocenters. The Morgan fingerprint density at radius 1 is 0.447 bits per heavy atom. The lowest BCUT2D eigenvalue weighted by Gasteiger charge is -2.30. The second-order valence-corrected chi connectivity index (χ2v) is 13.7. The average Bonchev–Trinajstić information content (AvgIpc) is 3.66. The SMILES string of the molecule is CN1CN(c2cc(N3CN(c4c(-c5ccccc5)cccc4-c4ccccc4)c4ccccc43)cc(C(C)(C)C)c2)c2ccccc21. The van der Waals surface area contributed by atoms with E-state index in [0.717, 1.165) is 6.67 Å². The maximum Gasteiger partial charge on any atom is 0.100 e. The van der Waals surface area contributed by atoms with Crippen molar-refractivity contribution < 1.29 is 0 Å². The molecule has 0 atom stereocenters. The van der Waals surface area contributed by atoms with E-state index in [0.29, 0.717) is 6.67 Å². The molecule has 0 spiro atoms. The quantitative estimate of drug-likeness (QED) is 0.192. The fourth-order valence-electron chi connectivity index (χ4n) is 7.10. The van der Waals surface area contributed by atoms with Crippen LogP contribution in [-0.2, 0) is 5.41 Å². The molecule has 232 valence electrons. The van der Waals surface area contributed by atoms with Gasteiger partial charge in [0.1, 0.15) is 6.67 Å². The minimum Gasteiger partial charge on any atom is -0.355 e. The molecule has 2 heterocycles. The van der Waals surface area contributed by atoms with Gasteiger partial charge in [-0.3, -0.25) is 0 Å². The minimum absolute atomic E-state index is 0.0186. The third kappa shape index (κ3) is 5.11. The lowest BCUT2D eigenvalue weighted by Crippen LogP contribution is -2.27. The molecular weight excluding hydrogens is 573 g/mol. The molecule has 8 rings (SSSR count). The lowest BCUT2D eigenvalue weighted by atomic mass is 9.86. The second-order valence-electron chi connectivity index (χ2n) is 13.7. The van der Waals surface area contributed by atoms with Crippen LogP contribution >= 0.6 is 0 Å². The smallest absolute Gasteiger partial charge is 0.100 e. The molecule has 0 radical (unpaired) electrons. The van der Waals surface area contributed by atoms with Crippen LogP contribution in [0.1, 0.15) is 26.3 Å². The molecule has 6 aromatic carbocycles. The number of anilines is 7. The van der Waals surface area contributed by atoms with E-state index in [1.54, 1.807) is 0 Å². The van der Waals surface area contributed by atoms with Gasteiger partial charge in [0, 0.05) is 29.5 Å². The van der Waals surface area contributed by atoms with Crippen molar-refractivity contribution in [2.24, 2.45) is 0 Å². The van der Waals surface area contributed by atoms with Crippen molar-refractivity contribution in [2.75, 3.05) is 40.0 Å². The highest BCUT2D eigenvalue weighted by atomic mass is 15.4. The molecule has 47 heavy (non-hydrogen) atoms. The van der Waals surface area contributed by atoms with Crippen LogP contribution in [0.2, 0.25) is 0 Å².